The van der Waals surface area contributed by atoms with Crippen LogP contribution >= 0.6 is 0 Å². The van der Waals surface area contributed by atoms with E-state index in [1.165, 1.54) is 44.9 Å². The van der Waals surface area contributed by atoms with Crippen LogP contribution in [0.4, 0.5) is 0 Å². The zero-order valence-electron chi connectivity index (χ0n) is 10.9. The third kappa shape index (κ3) is 2.78. The molecule has 2 fully saturated rings. The summed E-state index contributed by atoms with van der Waals surface area (Å²) in [6.07, 6.45) is 9.86. The summed E-state index contributed by atoms with van der Waals surface area (Å²) >= 11 is 0. The van der Waals surface area contributed by atoms with E-state index in [-0.39, 0.29) is 0 Å². The molecule has 0 spiro atoms. The number of rotatable bonds is 6. The van der Waals surface area contributed by atoms with Crippen LogP contribution in [0.25, 0.3) is 0 Å². The van der Waals surface area contributed by atoms with Gasteiger partial charge in [-0.3, -0.25) is 11.3 Å². The number of hydrogen-bond acceptors (Lipinski definition) is 2. The third-order valence-corrected chi connectivity index (χ3v) is 4.82. The van der Waals surface area contributed by atoms with Crippen LogP contribution in [0.5, 0.6) is 0 Å². The van der Waals surface area contributed by atoms with E-state index in [0.29, 0.717) is 6.04 Å². The van der Waals surface area contributed by atoms with Crippen molar-refractivity contribution in [3.8, 4) is 0 Å². The normalized spacial score (nSPS) is 34.9. The molecule has 0 aliphatic heterocycles. The molecule has 0 aromatic rings. The minimum Gasteiger partial charge on any atom is -0.271 e. The Morgan fingerprint density at radius 2 is 2.00 bits per heavy atom. The number of fused-ring (bicyclic) bond motifs is 2. The van der Waals surface area contributed by atoms with E-state index in [1.807, 2.05) is 0 Å². The van der Waals surface area contributed by atoms with Gasteiger partial charge in [-0.1, -0.05) is 33.1 Å². The van der Waals surface area contributed by atoms with Gasteiger partial charge in [-0.15, -0.1) is 0 Å². The molecule has 2 aliphatic rings. The summed E-state index contributed by atoms with van der Waals surface area (Å²) < 4.78 is 0. The zero-order chi connectivity index (χ0) is 11.5. The van der Waals surface area contributed by atoms with Crippen molar-refractivity contribution in [1.82, 2.24) is 5.43 Å². The molecule has 0 amide bonds. The summed E-state index contributed by atoms with van der Waals surface area (Å²) in [6, 6.07) is 0.592. The smallest absolute Gasteiger partial charge is 0.0241 e. The van der Waals surface area contributed by atoms with Gasteiger partial charge in [0.15, 0.2) is 0 Å². The molecule has 16 heavy (non-hydrogen) atoms. The number of hydrogen-bond donors (Lipinski definition) is 2. The van der Waals surface area contributed by atoms with Crippen molar-refractivity contribution in [2.24, 2.45) is 29.5 Å². The van der Waals surface area contributed by atoms with Gasteiger partial charge in [0.25, 0.3) is 0 Å². The zero-order valence-corrected chi connectivity index (χ0v) is 10.9. The van der Waals surface area contributed by atoms with Gasteiger partial charge < -0.3 is 0 Å². The van der Waals surface area contributed by atoms with E-state index in [4.69, 9.17) is 5.84 Å². The molecule has 4 unspecified atom stereocenters. The maximum Gasteiger partial charge on any atom is 0.0241 e. The van der Waals surface area contributed by atoms with Gasteiger partial charge in [-0.25, -0.2) is 0 Å². The first kappa shape index (κ1) is 12.4. The Labute approximate surface area is 100 Å². The van der Waals surface area contributed by atoms with Gasteiger partial charge in [0.1, 0.15) is 0 Å². The Morgan fingerprint density at radius 3 is 2.50 bits per heavy atom. The summed E-state index contributed by atoms with van der Waals surface area (Å²) in [5.74, 6) is 9.50. The van der Waals surface area contributed by atoms with Crippen LogP contribution in [0.1, 0.15) is 58.8 Å². The number of nitrogens with one attached hydrogen (secondary N) is 1. The summed E-state index contributed by atoms with van der Waals surface area (Å²) in [5, 5.41) is 0. The Balaban J connectivity index is 1.76. The maximum absolute atomic E-state index is 5.75. The molecule has 2 saturated carbocycles. The Hall–Kier alpha value is -0.0800. The van der Waals surface area contributed by atoms with Gasteiger partial charge in [0, 0.05) is 6.04 Å². The SMILES string of the molecule is CC(C)CCCC(NN)C1CC2CCC1C2. The largest absolute Gasteiger partial charge is 0.271 e. The Bertz CT molecular complexity index is 215. The molecule has 94 valence electrons. The predicted octanol–water partition coefficient (Wildman–Crippen LogP) is 3.08. The number of nitrogens with two attached hydrogens (primary N) is 1. The second kappa shape index (κ2) is 5.50. The van der Waals surface area contributed by atoms with E-state index < -0.39 is 0 Å². The quantitative estimate of drug-likeness (QED) is 0.537. The molecule has 0 aromatic carbocycles. The topological polar surface area (TPSA) is 38.0 Å². The van der Waals surface area contributed by atoms with Crippen LogP contribution in [0.2, 0.25) is 0 Å². The fourth-order valence-electron chi connectivity index (χ4n) is 3.95. The fraction of sp³-hybridized carbons (Fsp3) is 1.00. The predicted molar refractivity (Wildman–Crippen MR) is 68.7 cm³/mol. The Kier molecular flexibility index (Phi) is 4.26. The first-order chi connectivity index (χ1) is 7.70. The molecule has 3 N–H and O–H groups in total. The van der Waals surface area contributed by atoms with E-state index in [9.17, 15) is 0 Å². The molecule has 2 bridgehead atoms. The maximum atomic E-state index is 5.75. The summed E-state index contributed by atoms with van der Waals surface area (Å²) in [7, 11) is 0. The van der Waals surface area contributed by atoms with Gasteiger partial charge >= 0.3 is 0 Å². The lowest BCUT2D eigenvalue weighted by atomic mass is 9.81. The highest BCUT2D eigenvalue weighted by atomic mass is 15.2. The highest BCUT2D eigenvalue weighted by molar-refractivity contribution is 4.94. The standard InChI is InChI=1S/C14H28N2/c1-10(2)4-3-5-14(16-15)13-9-11-6-7-12(13)8-11/h10-14,16H,3-9,15H2,1-2H3. The fourth-order valence-corrected chi connectivity index (χ4v) is 3.95. The molecule has 2 rings (SSSR count). The van der Waals surface area contributed by atoms with Gasteiger partial charge in [0.2, 0.25) is 0 Å². The van der Waals surface area contributed by atoms with Gasteiger partial charge in [0.05, 0.1) is 0 Å². The first-order valence-corrected chi connectivity index (χ1v) is 7.16. The average Bonchev–Trinajstić information content (AvgIpc) is 2.85. The molecule has 2 nitrogen and oxygen atoms in total. The van der Waals surface area contributed by atoms with E-state index in [2.05, 4.69) is 19.3 Å². The molecule has 0 aromatic heterocycles. The Morgan fingerprint density at radius 1 is 1.19 bits per heavy atom. The molecule has 4 atom stereocenters. The van der Waals surface area contributed by atoms with Crippen LogP contribution in [0.15, 0.2) is 0 Å². The first-order valence-electron chi connectivity index (χ1n) is 7.16. The lowest BCUT2D eigenvalue weighted by Crippen LogP contribution is -2.42. The van der Waals surface area contributed by atoms with Gasteiger partial charge in [-0.2, -0.15) is 0 Å². The van der Waals surface area contributed by atoms with Crippen molar-refractivity contribution >= 4 is 0 Å². The number of hydrazine groups is 1. The van der Waals surface area contributed by atoms with Crippen LogP contribution in [0.3, 0.4) is 0 Å². The van der Waals surface area contributed by atoms with Crippen molar-refractivity contribution in [3.63, 3.8) is 0 Å². The van der Waals surface area contributed by atoms with Crippen molar-refractivity contribution < 1.29 is 0 Å². The van der Waals surface area contributed by atoms with Crippen LogP contribution < -0.4 is 11.3 Å². The molecule has 2 aliphatic carbocycles. The van der Waals surface area contributed by atoms with Crippen LogP contribution in [-0.2, 0) is 0 Å². The summed E-state index contributed by atoms with van der Waals surface area (Å²) in [5.41, 5.74) is 3.10. The summed E-state index contributed by atoms with van der Waals surface area (Å²) in [4.78, 5) is 0. The lowest BCUT2D eigenvalue weighted by Gasteiger charge is -2.30. The van der Waals surface area contributed by atoms with Crippen molar-refractivity contribution in [1.29, 1.82) is 0 Å². The molecule has 2 heteroatoms. The van der Waals surface area contributed by atoms with Crippen molar-refractivity contribution in [3.05, 3.63) is 0 Å². The van der Waals surface area contributed by atoms with E-state index in [0.717, 1.165) is 23.7 Å². The van der Waals surface area contributed by atoms with Crippen LogP contribution in [-0.4, -0.2) is 6.04 Å². The minimum atomic E-state index is 0.592. The molecular formula is C14H28N2. The second-order valence-electron chi connectivity index (χ2n) is 6.44. The third-order valence-electron chi connectivity index (χ3n) is 4.82. The molecule has 0 saturated heterocycles. The highest BCUT2D eigenvalue weighted by Gasteiger charge is 2.42. The van der Waals surface area contributed by atoms with E-state index in [1.54, 1.807) is 0 Å². The van der Waals surface area contributed by atoms with Crippen molar-refractivity contribution in [2.75, 3.05) is 0 Å². The van der Waals surface area contributed by atoms with Gasteiger partial charge in [-0.05, 0) is 49.4 Å². The molecule has 0 heterocycles. The van der Waals surface area contributed by atoms with E-state index >= 15 is 0 Å². The molecule has 0 radical (unpaired) electrons. The highest BCUT2D eigenvalue weighted by Crippen LogP contribution is 2.50. The minimum absolute atomic E-state index is 0.592. The van der Waals surface area contributed by atoms with Crippen LogP contribution in [0, 0.1) is 23.7 Å². The lowest BCUT2D eigenvalue weighted by molar-refractivity contribution is 0.234. The second-order valence-corrected chi connectivity index (χ2v) is 6.44. The van der Waals surface area contributed by atoms with Crippen molar-refractivity contribution in [2.45, 2.75) is 64.8 Å². The monoisotopic (exact) mass is 224 g/mol. The average molecular weight is 224 g/mol. The summed E-state index contributed by atoms with van der Waals surface area (Å²) in [6.45, 7) is 4.62. The molecular weight excluding hydrogens is 196 g/mol.